The average Bonchev–Trinajstić information content (AvgIpc) is 2.88. The number of nitro groups is 1. The van der Waals surface area contributed by atoms with E-state index in [9.17, 15) is 10.1 Å². The minimum absolute atomic E-state index is 0.0498. The van der Waals surface area contributed by atoms with Crippen molar-refractivity contribution in [2.75, 3.05) is 5.32 Å². The van der Waals surface area contributed by atoms with E-state index < -0.39 is 4.92 Å². The van der Waals surface area contributed by atoms with Crippen molar-refractivity contribution in [2.45, 2.75) is 38.6 Å². The first-order valence-electron chi connectivity index (χ1n) is 6.49. The summed E-state index contributed by atoms with van der Waals surface area (Å²) in [5, 5.41) is 14.4. The largest absolute Gasteiger partial charge is 0.361 e. The summed E-state index contributed by atoms with van der Waals surface area (Å²) in [5.74, 6) is 1.64. The molecule has 2 fully saturated rings. The van der Waals surface area contributed by atoms with Crippen LogP contribution in [0.5, 0.6) is 0 Å². The summed E-state index contributed by atoms with van der Waals surface area (Å²) in [6.07, 6.45) is 4.79. The molecule has 0 aliphatic heterocycles. The number of aromatic nitrogens is 2. The van der Waals surface area contributed by atoms with Crippen molar-refractivity contribution < 1.29 is 4.92 Å². The summed E-state index contributed by atoms with van der Waals surface area (Å²) in [5.41, 5.74) is 0.239. The van der Waals surface area contributed by atoms with Gasteiger partial charge in [-0.1, -0.05) is 6.42 Å². The summed E-state index contributed by atoms with van der Waals surface area (Å²) in [4.78, 5) is 18.5. The SMILES string of the molecule is Cc1nc(Cl)nc(NC2CC3CCC2C3)c1[N+](=O)[O-]. The zero-order valence-corrected chi connectivity index (χ0v) is 11.4. The third kappa shape index (κ3) is 2.25. The van der Waals surface area contributed by atoms with Crippen molar-refractivity contribution in [3.63, 3.8) is 0 Å². The van der Waals surface area contributed by atoms with Gasteiger partial charge in [0.2, 0.25) is 11.1 Å². The van der Waals surface area contributed by atoms with Crippen LogP contribution in [-0.4, -0.2) is 20.9 Å². The first-order chi connectivity index (χ1) is 9.04. The van der Waals surface area contributed by atoms with Crippen molar-refractivity contribution >= 4 is 23.1 Å². The van der Waals surface area contributed by atoms with E-state index in [-0.39, 0.29) is 22.8 Å². The topological polar surface area (TPSA) is 81.0 Å². The Kier molecular flexibility index (Phi) is 3.05. The Morgan fingerprint density at radius 2 is 2.16 bits per heavy atom. The van der Waals surface area contributed by atoms with E-state index >= 15 is 0 Å². The number of nitrogens with zero attached hydrogens (tertiary/aromatic N) is 3. The molecule has 7 heteroatoms. The predicted molar refractivity (Wildman–Crippen MR) is 71.3 cm³/mol. The lowest BCUT2D eigenvalue weighted by molar-refractivity contribution is -0.385. The maximum absolute atomic E-state index is 11.1. The molecular formula is C12H15ClN4O2. The molecule has 6 nitrogen and oxygen atoms in total. The highest BCUT2D eigenvalue weighted by molar-refractivity contribution is 6.28. The van der Waals surface area contributed by atoms with Gasteiger partial charge in [-0.05, 0) is 49.6 Å². The Balaban J connectivity index is 1.89. The highest BCUT2D eigenvalue weighted by Crippen LogP contribution is 2.46. The molecular weight excluding hydrogens is 268 g/mol. The zero-order valence-electron chi connectivity index (χ0n) is 10.6. The minimum atomic E-state index is -0.443. The molecule has 102 valence electrons. The summed E-state index contributed by atoms with van der Waals surface area (Å²) in [7, 11) is 0. The lowest BCUT2D eigenvalue weighted by atomic mass is 9.95. The maximum Gasteiger partial charge on any atom is 0.332 e. The predicted octanol–water partition coefficient (Wildman–Crippen LogP) is 2.95. The summed E-state index contributed by atoms with van der Waals surface area (Å²) in [6, 6.07) is 0.280. The van der Waals surface area contributed by atoms with E-state index in [1.54, 1.807) is 6.92 Å². The van der Waals surface area contributed by atoms with Crippen LogP contribution in [0.1, 0.15) is 31.4 Å². The van der Waals surface area contributed by atoms with Gasteiger partial charge in [-0.3, -0.25) is 10.1 Å². The number of hydrogen-bond acceptors (Lipinski definition) is 5. The molecule has 1 N–H and O–H groups in total. The van der Waals surface area contributed by atoms with Crippen molar-refractivity contribution in [3.8, 4) is 0 Å². The van der Waals surface area contributed by atoms with Gasteiger partial charge in [0.25, 0.3) is 0 Å². The van der Waals surface area contributed by atoms with Crippen LogP contribution < -0.4 is 5.32 Å². The third-order valence-corrected chi connectivity index (χ3v) is 4.44. The monoisotopic (exact) mass is 282 g/mol. The fraction of sp³-hybridized carbons (Fsp3) is 0.667. The molecule has 0 saturated heterocycles. The van der Waals surface area contributed by atoms with Crippen LogP contribution in [0.3, 0.4) is 0 Å². The second-order valence-electron chi connectivity index (χ2n) is 5.46. The molecule has 3 rings (SSSR count). The molecule has 3 unspecified atom stereocenters. The van der Waals surface area contributed by atoms with Crippen molar-refractivity contribution in [1.29, 1.82) is 0 Å². The van der Waals surface area contributed by atoms with Crippen LogP contribution in [0.15, 0.2) is 0 Å². The highest BCUT2D eigenvalue weighted by Gasteiger charge is 2.40. The van der Waals surface area contributed by atoms with Gasteiger partial charge in [0.15, 0.2) is 0 Å². The lowest BCUT2D eigenvalue weighted by Gasteiger charge is -2.23. The molecule has 0 spiro atoms. The lowest BCUT2D eigenvalue weighted by Crippen LogP contribution is -2.27. The van der Waals surface area contributed by atoms with E-state index in [2.05, 4.69) is 15.3 Å². The standard InChI is InChI=1S/C12H15ClN4O2/c1-6-10(17(18)19)11(16-12(13)14-6)15-9-5-7-2-3-8(9)4-7/h7-9H,2-5H2,1H3,(H,14,15,16). The summed E-state index contributed by atoms with van der Waals surface area (Å²) >= 11 is 5.81. The number of aryl methyl sites for hydroxylation is 1. The number of halogens is 1. The molecule has 3 atom stereocenters. The van der Waals surface area contributed by atoms with Crippen LogP contribution in [0.4, 0.5) is 11.5 Å². The van der Waals surface area contributed by atoms with Crippen LogP contribution in [0, 0.1) is 28.9 Å². The first kappa shape index (κ1) is 12.6. The number of rotatable bonds is 3. The quantitative estimate of drug-likeness (QED) is 0.524. The highest BCUT2D eigenvalue weighted by atomic mass is 35.5. The van der Waals surface area contributed by atoms with E-state index in [4.69, 9.17) is 11.6 Å². The number of fused-ring (bicyclic) bond motifs is 2. The van der Waals surface area contributed by atoms with Crippen molar-refractivity contribution in [2.24, 2.45) is 11.8 Å². The fourth-order valence-electron chi connectivity index (χ4n) is 3.45. The first-order valence-corrected chi connectivity index (χ1v) is 6.87. The van der Waals surface area contributed by atoms with Crippen LogP contribution >= 0.6 is 11.6 Å². The van der Waals surface area contributed by atoms with Crippen molar-refractivity contribution in [3.05, 3.63) is 21.1 Å². The van der Waals surface area contributed by atoms with E-state index in [1.807, 2.05) is 0 Å². The fourth-order valence-corrected chi connectivity index (χ4v) is 3.66. The number of nitrogens with one attached hydrogen (secondary N) is 1. The van der Waals surface area contributed by atoms with Crippen LogP contribution in [0.25, 0.3) is 0 Å². The average molecular weight is 283 g/mol. The van der Waals surface area contributed by atoms with E-state index in [0.717, 1.165) is 12.3 Å². The molecule has 2 bridgehead atoms. The van der Waals surface area contributed by atoms with Gasteiger partial charge in [0, 0.05) is 6.04 Å². The normalized spacial score (nSPS) is 28.6. The van der Waals surface area contributed by atoms with Gasteiger partial charge in [0.1, 0.15) is 5.69 Å². The molecule has 2 saturated carbocycles. The van der Waals surface area contributed by atoms with Gasteiger partial charge < -0.3 is 5.32 Å². The van der Waals surface area contributed by atoms with Gasteiger partial charge in [-0.15, -0.1) is 0 Å². The Labute approximate surface area is 115 Å². The molecule has 0 aromatic carbocycles. The van der Waals surface area contributed by atoms with Crippen LogP contribution in [0.2, 0.25) is 5.28 Å². The molecule has 1 aromatic rings. The smallest absolute Gasteiger partial charge is 0.332 e. The second kappa shape index (κ2) is 4.59. The molecule has 0 radical (unpaired) electrons. The van der Waals surface area contributed by atoms with Gasteiger partial charge in [-0.2, -0.15) is 4.98 Å². The molecule has 19 heavy (non-hydrogen) atoms. The third-order valence-electron chi connectivity index (χ3n) is 4.27. The zero-order chi connectivity index (χ0) is 13.6. The summed E-state index contributed by atoms with van der Waals surface area (Å²) in [6.45, 7) is 1.58. The van der Waals surface area contributed by atoms with Gasteiger partial charge in [0.05, 0.1) is 4.92 Å². The van der Waals surface area contributed by atoms with Crippen molar-refractivity contribution in [1.82, 2.24) is 9.97 Å². The Hall–Kier alpha value is -1.43. The summed E-state index contributed by atoms with van der Waals surface area (Å²) < 4.78 is 0. The van der Waals surface area contributed by atoms with E-state index in [0.29, 0.717) is 11.6 Å². The number of hydrogen-bond donors (Lipinski definition) is 1. The number of anilines is 1. The molecule has 0 amide bonds. The molecule has 2 aliphatic carbocycles. The molecule has 2 aliphatic rings. The van der Waals surface area contributed by atoms with Gasteiger partial charge >= 0.3 is 5.69 Å². The minimum Gasteiger partial charge on any atom is -0.361 e. The van der Waals surface area contributed by atoms with Crippen LogP contribution in [-0.2, 0) is 0 Å². The Morgan fingerprint density at radius 3 is 2.74 bits per heavy atom. The maximum atomic E-state index is 11.1. The molecule has 1 aromatic heterocycles. The Morgan fingerprint density at radius 1 is 1.37 bits per heavy atom. The van der Waals surface area contributed by atoms with Gasteiger partial charge in [-0.25, -0.2) is 4.98 Å². The Bertz CT molecular complexity index is 537. The molecule has 1 heterocycles. The van der Waals surface area contributed by atoms with E-state index in [1.165, 1.54) is 19.3 Å². The second-order valence-corrected chi connectivity index (χ2v) is 5.80.